The molecule has 0 saturated heterocycles. The molecule has 0 aromatic heterocycles. The van der Waals surface area contributed by atoms with Crippen molar-refractivity contribution in [2.75, 3.05) is 16.8 Å². The molecule has 2 atom stereocenters. The highest BCUT2D eigenvalue weighted by molar-refractivity contribution is 8.23. The minimum Gasteiger partial charge on any atom is -0.164 e. The van der Waals surface area contributed by atoms with Crippen LogP contribution in [-0.4, -0.2) is 26.0 Å². The molecule has 11 heavy (non-hydrogen) atoms. The number of halogens is 2. The van der Waals surface area contributed by atoms with Crippen molar-refractivity contribution >= 4 is 72.0 Å². The Kier molecular flexibility index (Phi) is 10.1. The third kappa shape index (κ3) is 8.31. The Balaban J connectivity index is 3.13. The lowest BCUT2D eigenvalue weighted by molar-refractivity contribution is 1.44. The molecule has 6 heteroatoms. The van der Waals surface area contributed by atoms with E-state index in [1.54, 1.807) is 23.5 Å². The summed E-state index contributed by atoms with van der Waals surface area (Å²) < 4.78 is 0.444. The molecule has 0 nitrogen and oxygen atoms in total. The Labute approximate surface area is 97.4 Å². The van der Waals surface area contributed by atoms with E-state index in [0.29, 0.717) is 11.8 Å². The van der Waals surface area contributed by atoms with Crippen LogP contribution in [0.25, 0.3) is 0 Å². The monoisotopic (exact) mass is 268 g/mol. The topological polar surface area (TPSA) is 0 Å². The first kappa shape index (κ1) is 13.0. The number of rotatable bonds is 6. The van der Waals surface area contributed by atoms with E-state index >= 15 is 0 Å². The first-order chi connectivity index (χ1) is 5.20. The Hall–Kier alpha value is 1.98. The van der Waals surface area contributed by atoms with Crippen molar-refractivity contribution in [1.82, 2.24) is 0 Å². The highest BCUT2D eigenvalue weighted by Crippen LogP contribution is 2.25. The van der Waals surface area contributed by atoms with Crippen molar-refractivity contribution in [3.05, 3.63) is 0 Å². The average Bonchev–Trinajstić information content (AvgIpc) is 2.04. The largest absolute Gasteiger partial charge is 0.164 e. The first-order valence-corrected chi connectivity index (χ1v) is 7.12. The van der Waals surface area contributed by atoms with E-state index in [-0.39, 0.29) is 9.16 Å². The smallest absolute Gasteiger partial charge is 0.0615 e. The lowest BCUT2D eigenvalue weighted by Crippen LogP contribution is -1.97. The predicted molar refractivity (Wildman–Crippen MR) is 67.0 cm³/mol. The van der Waals surface area contributed by atoms with Crippen LogP contribution in [0.15, 0.2) is 0 Å². The molecule has 0 radical (unpaired) electrons. The summed E-state index contributed by atoms with van der Waals surface area (Å²) in [7, 11) is 0. The molecule has 0 bridgehead atoms. The molecule has 0 aliphatic rings. The van der Waals surface area contributed by atoms with E-state index in [9.17, 15) is 0 Å². The lowest BCUT2D eigenvalue weighted by atomic mass is 10.9. The summed E-state index contributed by atoms with van der Waals surface area (Å²) in [5.74, 6) is 1.15. The van der Waals surface area contributed by atoms with Crippen LogP contribution in [0.5, 0.6) is 0 Å². The maximum atomic E-state index is 5.55. The molecule has 0 rings (SSSR count). The summed E-state index contributed by atoms with van der Waals surface area (Å²) in [5, 5.41) is 0.946. The lowest BCUT2D eigenvalue weighted by Gasteiger charge is -2.08. The van der Waals surface area contributed by atoms with E-state index < -0.39 is 0 Å². The molecule has 0 N–H and O–H groups in total. The van der Waals surface area contributed by atoms with Crippen molar-refractivity contribution in [2.24, 2.45) is 0 Å². The van der Waals surface area contributed by atoms with Gasteiger partial charge < -0.3 is 0 Å². The summed E-state index contributed by atoms with van der Waals surface area (Å²) >= 11 is 23.0. The third-order valence-electron chi connectivity index (χ3n) is 0.785. The van der Waals surface area contributed by atoms with Gasteiger partial charge in [-0.1, -0.05) is 0 Å². The van der Waals surface area contributed by atoms with E-state index in [0.717, 1.165) is 5.08 Å². The molecule has 0 spiro atoms. The van der Waals surface area contributed by atoms with Gasteiger partial charge in [0.15, 0.2) is 0 Å². The van der Waals surface area contributed by atoms with Gasteiger partial charge >= 0.3 is 0 Å². The van der Waals surface area contributed by atoms with Gasteiger partial charge in [-0.25, -0.2) is 0 Å². The summed E-state index contributed by atoms with van der Waals surface area (Å²) in [6.07, 6.45) is 0. The zero-order chi connectivity index (χ0) is 8.69. The van der Waals surface area contributed by atoms with Crippen molar-refractivity contribution in [3.63, 3.8) is 0 Å². The Morgan fingerprint density at radius 1 is 1.00 bits per heavy atom. The zero-order valence-corrected chi connectivity index (χ0v) is 10.7. The van der Waals surface area contributed by atoms with Crippen LogP contribution in [0.2, 0.25) is 0 Å². The molecule has 0 amide bonds. The van der Waals surface area contributed by atoms with Gasteiger partial charge in [0.25, 0.3) is 0 Å². The normalized spacial score (nSPS) is 16.4. The minimum absolute atomic E-state index is 0.222. The second kappa shape index (κ2) is 8.57. The van der Waals surface area contributed by atoms with Gasteiger partial charge in [0.2, 0.25) is 0 Å². The zero-order valence-electron chi connectivity index (χ0n) is 5.74. The van der Waals surface area contributed by atoms with Crippen LogP contribution in [0.3, 0.4) is 0 Å². The van der Waals surface area contributed by atoms with Crippen LogP contribution in [0.4, 0.5) is 0 Å². The summed E-state index contributed by atoms with van der Waals surface area (Å²) in [4.78, 5) is 0. The van der Waals surface area contributed by atoms with Crippen molar-refractivity contribution < 1.29 is 0 Å². The van der Waals surface area contributed by atoms with Crippen molar-refractivity contribution in [2.45, 2.75) is 9.16 Å². The van der Waals surface area contributed by atoms with Gasteiger partial charge in [0, 0.05) is 16.8 Å². The molecule has 68 valence electrons. The summed E-state index contributed by atoms with van der Waals surface area (Å²) in [5.41, 5.74) is 0. The van der Waals surface area contributed by atoms with E-state index in [1.165, 1.54) is 0 Å². The quantitative estimate of drug-likeness (QED) is 0.431. The minimum atomic E-state index is 0.222. The van der Waals surface area contributed by atoms with Crippen LogP contribution < -0.4 is 0 Å². The molecule has 0 aromatic rings. The van der Waals surface area contributed by atoms with Crippen LogP contribution in [0, 0.1) is 0 Å². The van der Waals surface area contributed by atoms with Crippen molar-refractivity contribution in [3.8, 4) is 0 Å². The summed E-state index contributed by atoms with van der Waals surface area (Å²) in [6.45, 7) is 0. The summed E-state index contributed by atoms with van der Waals surface area (Å²) in [6, 6.07) is 0. The Bertz CT molecular complexity index is 82.6. The van der Waals surface area contributed by atoms with Gasteiger partial charge in [-0.2, -0.15) is 25.3 Å². The highest BCUT2D eigenvalue weighted by Gasteiger charge is 2.04. The van der Waals surface area contributed by atoms with Gasteiger partial charge in [-0.15, -0.1) is 46.7 Å². The molecule has 0 fully saturated rings. The van der Waals surface area contributed by atoms with E-state index in [2.05, 4.69) is 25.3 Å². The molecule has 0 saturated carbocycles. The fourth-order valence-corrected chi connectivity index (χ4v) is 3.66. The van der Waals surface area contributed by atoms with Crippen molar-refractivity contribution in [1.29, 1.82) is 0 Å². The number of hydrogen-bond donors (Lipinski definition) is 2. The fraction of sp³-hybridized carbons (Fsp3) is 1.00. The standard InChI is InChI=1S/C5H10Cl2S4/c6-1-4(8)10-3-11-5(9)2-7/h4-5,8-9H,1-3H2. The maximum Gasteiger partial charge on any atom is 0.0615 e. The molecule has 0 heterocycles. The van der Waals surface area contributed by atoms with Crippen LogP contribution >= 0.6 is 72.0 Å². The van der Waals surface area contributed by atoms with Crippen LogP contribution in [-0.2, 0) is 0 Å². The molecule has 0 aromatic carbocycles. The highest BCUT2D eigenvalue weighted by atomic mass is 35.5. The number of alkyl halides is 2. The molecule has 0 aliphatic heterocycles. The second-order valence-electron chi connectivity index (χ2n) is 1.67. The average molecular weight is 269 g/mol. The SMILES string of the molecule is SC(CCl)SCSC(S)CCl. The van der Waals surface area contributed by atoms with E-state index in [4.69, 9.17) is 23.2 Å². The molecule has 0 aliphatic carbocycles. The molecular weight excluding hydrogens is 259 g/mol. The second-order valence-corrected chi connectivity index (χ2v) is 6.98. The Morgan fingerprint density at radius 2 is 1.36 bits per heavy atom. The number of hydrogen-bond acceptors (Lipinski definition) is 4. The van der Waals surface area contributed by atoms with Crippen LogP contribution in [0.1, 0.15) is 0 Å². The van der Waals surface area contributed by atoms with Gasteiger partial charge in [-0.3, -0.25) is 0 Å². The number of thioether (sulfide) groups is 2. The van der Waals surface area contributed by atoms with Gasteiger partial charge in [0.05, 0.1) is 9.16 Å². The maximum absolute atomic E-state index is 5.55. The number of thiol groups is 2. The third-order valence-corrected chi connectivity index (χ3v) is 5.65. The van der Waals surface area contributed by atoms with E-state index in [1.807, 2.05) is 0 Å². The van der Waals surface area contributed by atoms with Gasteiger partial charge in [0.1, 0.15) is 0 Å². The molecule has 2 unspecified atom stereocenters. The Morgan fingerprint density at radius 3 is 1.64 bits per heavy atom. The fourth-order valence-electron chi connectivity index (χ4n) is 0.285. The molecular formula is C5H10Cl2S4. The van der Waals surface area contributed by atoms with Gasteiger partial charge in [-0.05, 0) is 0 Å². The predicted octanol–water partition coefficient (Wildman–Crippen LogP) is 3.40. The first-order valence-electron chi connectivity index (χ1n) is 2.92.